The van der Waals surface area contributed by atoms with Gasteiger partial charge < -0.3 is 18.8 Å². The molecule has 0 atom stereocenters. The molecule has 1 fully saturated rings. The Morgan fingerprint density at radius 2 is 1.64 bits per heavy atom. The zero-order valence-corrected chi connectivity index (χ0v) is 14.8. The first kappa shape index (κ1) is 17.3. The largest absolute Gasteiger partial charge is 0.495 e. The molecule has 1 aromatic rings. The quantitative estimate of drug-likeness (QED) is 0.476. The first-order chi connectivity index (χ1) is 10.2. The fourth-order valence-electron chi connectivity index (χ4n) is 2.51. The Hall–Kier alpha value is -1.04. The van der Waals surface area contributed by atoms with Gasteiger partial charge in [0, 0.05) is 6.61 Å². The molecule has 1 aliphatic rings. The molecule has 1 heterocycles. The van der Waals surface area contributed by atoms with Gasteiger partial charge in [-0.25, -0.2) is 0 Å². The molecule has 122 valence electrons. The summed E-state index contributed by atoms with van der Waals surface area (Å²) in [7, 11) is -0.374. The van der Waals surface area contributed by atoms with Gasteiger partial charge in [-0.2, -0.15) is 0 Å². The second-order valence-electron chi connectivity index (χ2n) is 6.76. The van der Waals surface area contributed by atoms with E-state index in [1.165, 1.54) is 0 Å². The van der Waals surface area contributed by atoms with Crippen molar-refractivity contribution in [2.45, 2.75) is 59.7 Å². The van der Waals surface area contributed by atoms with E-state index in [9.17, 15) is 0 Å². The minimum absolute atomic E-state index is 0.253. The maximum Gasteiger partial charge on any atom is 0.495 e. The molecule has 0 bridgehead atoms. The Kier molecular flexibility index (Phi) is 4.90. The minimum atomic E-state index is -0.374. The van der Waals surface area contributed by atoms with Gasteiger partial charge in [0.25, 0.3) is 0 Å². The smallest absolute Gasteiger partial charge is 0.467 e. The van der Waals surface area contributed by atoms with E-state index in [-0.39, 0.29) is 25.1 Å². The number of aryl methyl sites for hydroxylation is 1. The van der Waals surface area contributed by atoms with Crippen molar-refractivity contribution in [2.24, 2.45) is 0 Å². The van der Waals surface area contributed by atoms with Gasteiger partial charge in [0.05, 0.1) is 11.2 Å². The van der Waals surface area contributed by atoms with E-state index < -0.39 is 0 Å². The number of hydrogen-bond donors (Lipinski definition) is 0. The van der Waals surface area contributed by atoms with Gasteiger partial charge in [-0.15, -0.1) is 0 Å². The molecule has 4 nitrogen and oxygen atoms in total. The molecular weight excluding hydrogens is 279 g/mol. The fraction of sp³-hybridized carbons (Fsp3) is 0.647. The molecule has 1 aromatic carbocycles. The van der Waals surface area contributed by atoms with Gasteiger partial charge in [0.1, 0.15) is 5.75 Å². The lowest BCUT2D eigenvalue weighted by atomic mass is 9.73. The van der Waals surface area contributed by atoms with Crippen LogP contribution in [0.3, 0.4) is 0 Å². The van der Waals surface area contributed by atoms with Crippen molar-refractivity contribution < 1.29 is 18.8 Å². The maximum absolute atomic E-state index is 6.18. The molecule has 1 aliphatic heterocycles. The lowest BCUT2D eigenvalue weighted by Gasteiger charge is -2.32. The summed E-state index contributed by atoms with van der Waals surface area (Å²) >= 11 is 0. The van der Waals surface area contributed by atoms with Crippen molar-refractivity contribution in [3.63, 3.8) is 0 Å². The highest BCUT2D eigenvalue weighted by Gasteiger charge is 2.52. The highest BCUT2D eigenvalue weighted by molar-refractivity contribution is 6.63. The van der Waals surface area contributed by atoms with Crippen LogP contribution >= 0.6 is 0 Å². The molecule has 1 saturated heterocycles. The van der Waals surface area contributed by atoms with Crippen molar-refractivity contribution in [1.82, 2.24) is 0 Å². The van der Waals surface area contributed by atoms with E-state index in [1.807, 2.05) is 26.0 Å². The molecule has 0 aromatic heterocycles. The Labute approximate surface area is 134 Å². The second-order valence-corrected chi connectivity index (χ2v) is 6.76. The van der Waals surface area contributed by atoms with Crippen molar-refractivity contribution in [3.8, 4) is 5.75 Å². The lowest BCUT2D eigenvalue weighted by Crippen LogP contribution is -2.41. The van der Waals surface area contributed by atoms with Gasteiger partial charge in [0.15, 0.2) is 6.79 Å². The zero-order chi connectivity index (χ0) is 16.5. The van der Waals surface area contributed by atoms with Crippen LogP contribution in [-0.2, 0) is 14.0 Å². The second kappa shape index (κ2) is 6.22. The Morgan fingerprint density at radius 3 is 2.18 bits per heavy atom. The SMILES string of the molecule is CCOCOc1ccc(C)c(B2OC(C)(C)C(C)(C)O2)c1C. The normalized spacial score (nSPS) is 19.5. The zero-order valence-electron chi connectivity index (χ0n) is 14.8. The Morgan fingerprint density at radius 1 is 1.05 bits per heavy atom. The van der Waals surface area contributed by atoms with E-state index in [1.54, 1.807) is 0 Å². The molecular formula is C17H27BO4. The van der Waals surface area contributed by atoms with E-state index in [2.05, 4.69) is 34.6 Å². The summed E-state index contributed by atoms with van der Waals surface area (Å²) in [6.07, 6.45) is 0. The summed E-state index contributed by atoms with van der Waals surface area (Å²) in [5.74, 6) is 0.809. The van der Waals surface area contributed by atoms with Crippen molar-refractivity contribution in [2.75, 3.05) is 13.4 Å². The molecule has 0 unspecified atom stereocenters. The van der Waals surface area contributed by atoms with Crippen LogP contribution in [0.15, 0.2) is 12.1 Å². The predicted molar refractivity (Wildman–Crippen MR) is 88.8 cm³/mol. The summed E-state index contributed by atoms with van der Waals surface area (Å²) in [4.78, 5) is 0. The highest BCUT2D eigenvalue weighted by Crippen LogP contribution is 2.37. The number of ether oxygens (including phenoxy) is 2. The molecule has 0 saturated carbocycles. The van der Waals surface area contributed by atoms with Crippen LogP contribution in [0.25, 0.3) is 0 Å². The van der Waals surface area contributed by atoms with Gasteiger partial charge in [-0.1, -0.05) is 11.6 Å². The highest BCUT2D eigenvalue weighted by atomic mass is 16.7. The third kappa shape index (κ3) is 3.17. The Bertz CT molecular complexity index is 524. The fourth-order valence-corrected chi connectivity index (χ4v) is 2.51. The summed E-state index contributed by atoms with van der Waals surface area (Å²) < 4.78 is 23.3. The van der Waals surface area contributed by atoms with Crippen LogP contribution in [0.4, 0.5) is 0 Å². The first-order valence-corrected chi connectivity index (χ1v) is 7.86. The van der Waals surface area contributed by atoms with E-state index in [0.717, 1.165) is 22.3 Å². The van der Waals surface area contributed by atoms with Crippen molar-refractivity contribution >= 4 is 12.6 Å². The van der Waals surface area contributed by atoms with E-state index >= 15 is 0 Å². The summed E-state index contributed by atoms with van der Waals surface area (Å²) in [5.41, 5.74) is 2.53. The topological polar surface area (TPSA) is 36.9 Å². The molecule has 5 heteroatoms. The average molecular weight is 306 g/mol. The van der Waals surface area contributed by atoms with Crippen LogP contribution in [0, 0.1) is 13.8 Å². The van der Waals surface area contributed by atoms with Crippen LogP contribution < -0.4 is 10.2 Å². The summed E-state index contributed by atoms with van der Waals surface area (Å²) in [5, 5.41) is 0. The standard InChI is InChI=1S/C17H27BO4/c1-8-19-11-20-14-10-9-12(2)15(13(14)3)18-21-16(4,5)17(6,7)22-18/h9-10H,8,11H2,1-7H3. The number of hydrogen-bond acceptors (Lipinski definition) is 4. The van der Waals surface area contributed by atoms with E-state index in [4.69, 9.17) is 18.8 Å². The molecule has 2 rings (SSSR count). The van der Waals surface area contributed by atoms with Gasteiger partial charge >= 0.3 is 7.12 Å². The number of benzene rings is 1. The van der Waals surface area contributed by atoms with Gasteiger partial charge in [0.2, 0.25) is 0 Å². The van der Waals surface area contributed by atoms with Crippen LogP contribution in [-0.4, -0.2) is 31.7 Å². The molecule has 0 radical (unpaired) electrons. The van der Waals surface area contributed by atoms with Gasteiger partial charge in [-0.05, 0) is 65.6 Å². The maximum atomic E-state index is 6.18. The Balaban J connectivity index is 2.30. The molecule has 0 amide bonds. The molecule has 0 N–H and O–H groups in total. The van der Waals surface area contributed by atoms with E-state index in [0.29, 0.717) is 6.61 Å². The third-order valence-electron chi connectivity index (χ3n) is 4.67. The third-order valence-corrected chi connectivity index (χ3v) is 4.67. The van der Waals surface area contributed by atoms with Crippen molar-refractivity contribution in [1.29, 1.82) is 0 Å². The molecule has 0 spiro atoms. The molecule has 0 aliphatic carbocycles. The van der Waals surface area contributed by atoms with Crippen LogP contribution in [0.2, 0.25) is 0 Å². The van der Waals surface area contributed by atoms with Gasteiger partial charge in [-0.3, -0.25) is 0 Å². The van der Waals surface area contributed by atoms with Crippen LogP contribution in [0.5, 0.6) is 5.75 Å². The number of rotatable bonds is 5. The lowest BCUT2D eigenvalue weighted by molar-refractivity contribution is 0.00578. The minimum Gasteiger partial charge on any atom is -0.467 e. The predicted octanol–water partition coefficient (Wildman–Crippen LogP) is 2.98. The monoisotopic (exact) mass is 306 g/mol. The summed E-state index contributed by atoms with van der Waals surface area (Å²) in [6, 6.07) is 4.01. The molecule has 22 heavy (non-hydrogen) atoms. The van der Waals surface area contributed by atoms with Crippen molar-refractivity contribution in [3.05, 3.63) is 23.3 Å². The van der Waals surface area contributed by atoms with Crippen LogP contribution in [0.1, 0.15) is 45.7 Å². The average Bonchev–Trinajstić information content (AvgIpc) is 2.61. The summed E-state index contributed by atoms with van der Waals surface area (Å²) in [6.45, 7) is 15.2. The first-order valence-electron chi connectivity index (χ1n) is 7.86.